The van der Waals surface area contributed by atoms with Gasteiger partial charge in [0.15, 0.2) is 0 Å². The van der Waals surface area contributed by atoms with Gasteiger partial charge in [-0.15, -0.1) is 0 Å². The number of hydrogen-bond acceptors (Lipinski definition) is 4. The number of rotatable bonds is 7. The molecule has 2 rings (SSSR count). The van der Waals surface area contributed by atoms with Crippen LogP contribution >= 0.6 is 0 Å². The summed E-state index contributed by atoms with van der Waals surface area (Å²) in [5, 5.41) is 3.29. The van der Waals surface area contributed by atoms with E-state index in [0.717, 1.165) is 31.0 Å². The van der Waals surface area contributed by atoms with Crippen LogP contribution in [0.2, 0.25) is 0 Å². The molecule has 1 aromatic heterocycles. The summed E-state index contributed by atoms with van der Waals surface area (Å²) >= 11 is 0. The zero-order chi connectivity index (χ0) is 15.1. The van der Waals surface area contributed by atoms with Gasteiger partial charge < -0.3 is 10.1 Å². The van der Waals surface area contributed by atoms with Gasteiger partial charge in [0.05, 0.1) is 18.1 Å². The fourth-order valence-electron chi connectivity index (χ4n) is 1.92. The zero-order valence-electron chi connectivity index (χ0n) is 13.0. The van der Waals surface area contributed by atoms with Crippen molar-refractivity contribution in [1.82, 2.24) is 15.3 Å². The van der Waals surface area contributed by atoms with Gasteiger partial charge >= 0.3 is 0 Å². The fourth-order valence-corrected chi connectivity index (χ4v) is 1.92. The van der Waals surface area contributed by atoms with Crippen LogP contribution in [0.3, 0.4) is 0 Å². The second-order valence-corrected chi connectivity index (χ2v) is 5.35. The molecule has 4 nitrogen and oxygen atoms in total. The van der Waals surface area contributed by atoms with Gasteiger partial charge in [-0.2, -0.15) is 0 Å². The quantitative estimate of drug-likeness (QED) is 0.784. The Bertz CT molecular complexity index is 535. The fraction of sp³-hybridized carbons (Fsp3) is 0.412. The third-order valence-corrected chi connectivity index (χ3v) is 3.18. The standard InChI is InChI=1S/C17H23N3O/c1-4-9-18-10-15-11-20-17(12-19-15)21-16-7-5-14(6-8-16)13(2)3/h5-8,11-13,18H,4,9-10H2,1-3H3. The molecule has 4 heteroatoms. The average Bonchev–Trinajstić information content (AvgIpc) is 2.50. The van der Waals surface area contributed by atoms with Crippen molar-refractivity contribution < 1.29 is 4.74 Å². The Labute approximate surface area is 126 Å². The van der Waals surface area contributed by atoms with Crippen LogP contribution in [-0.4, -0.2) is 16.5 Å². The first-order chi connectivity index (χ1) is 10.2. The van der Waals surface area contributed by atoms with Gasteiger partial charge in [0.2, 0.25) is 5.88 Å². The predicted molar refractivity (Wildman–Crippen MR) is 84.6 cm³/mol. The summed E-state index contributed by atoms with van der Waals surface area (Å²) in [7, 11) is 0. The molecule has 1 heterocycles. The number of nitrogens with zero attached hydrogens (tertiary/aromatic N) is 2. The van der Waals surface area contributed by atoms with Gasteiger partial charge in [-0.1, -0.05) is 32.9 Å². The zero-order valence-corrected chi connectivity index (χ0v) is 13.0. The number of benzene rings is 1. The summed E-state index contributed by atoms with van der Waals surface area (Å²) < 4.78 is 5.70. The normalized spacial score (nSPS) is 10.9. The molecule has 21 heavy (non-hydrogen) atoms. The molecule has 112 valence electrons. The summed E-state index contributed by atoms with van der Waals surface area (Å²) in [4.78, 5) is 8.63. The summed E-state index contributed by atoms with van der Waals surface area (Å²) in [5.74, 6) is 1.82. The van der Waals surface area contributed by atoms with E-state index in [1.54, 1.807) is 12.4 Å². The minimum Gasteiger partial charge on any atom is -0.438 e. The van der Waals surface area contributed by atoms with Gasteiger partial charge in [-0.3, -0.25) is 4.98 Å². The molecule has 0 amide bonds. The highest BCUT2D eigenvalue weighted by Crippen LogP contribution is 2.22. The van der Waals surface area contributed by atoms with Crippen molar-refractivity contribution in [2.45, 2.75) is 39.7 Å². The topological polar surface area (TPSA) is 47.0 Å². The van der Waals surface area contributed by atoms with Crippen molar-refractivity contribution >= 4 is 0 Å². The molecule has 0 aliphatic heterocycles. The van der Waals surface area contributed by atoms with E-state index in [9.17, 15) is 0 Å². The summed E-state index contributed by atoms with van der Waals surface area (Å²) in [5.41, 5.74) is 2.22. The first-order valence-electron chi connectivity index (χ1n) is 7.48. The molecule has 0 bridgehead atoms. The van der Waals surface area contributed by atoms with E-state index < -0.39 is 0 Å². The summed E-state index contributed by atoms with van der Waals surface area (Å²) in [6.07, 6.45) is 4.53. The Balaban J connectivity index is 1.93. The lowest BCUT2D eigenvalue weighted by Crippen LogP contribution is -2.14. The van der Waals surface area contributed by atoms with E-state index in [1.165, 1.54) is 5.56 Å². The van der Waals surface area contributed by atoms with E-state index in [0.29, 0.717) is 11.8 Å². The van der Waals surface area contributed by atoms with Crippen molar-refractivity contribution in [3.05, 3.63) is 47.9 Å². The van der Waals surface area contributed by atoms with Gasteiger partial charge in [0.1, 0.15) is 5.75 Å². The second-order valence-electron chi connectivity index (χ2n) is 5.35. The number of nitrogens with one attached hydrogen (secondary N) is 1. The molecule has 1 N–H and O–H groups in total. The minimum absolute atomic E-state index is 0.520. The average molecular weight is 285 g/mol. The lowest BCUT2D eigenvalue weighted by Gasteiger charge is -2.08. The lowest BCUT2D eigenvalue weighted by atomic mass is 10.0. The SMILES string of the molecule is CCCNCc1cnc(Oc2ccc(C(C)C)cc2)cn1. The molecule has 0 atom stereocenters. The Morgan fingerprint density at radius 2 is 1.86 bits per heavy atom. The molecular formula is C17H23N3O. The van der Waals surface area contributed by atoms with Crippen LogP contribution in [0.25, 0.3) is 0 Å². The molecule has 1 aromatic carbocycles. The van der Waals surface area contributed by atoms with Crippen molar-refractivity contribution in [2.24, 2.45) is 0 Å². The van der Waals surface area contributed by atoms with Crippen LogP contribution < -0.4 is 10.1 Å². The molecule has 2 aromatic rings. The largest absolute Gasteiger partial charge is 0.438 e. The highest BCUT2D eigenvalue weighted by atomic mass is 16.5. The Kier molecular flexibility index (Phi) is 5.69. The number of aromatic nitrogens is 2. The highest BCUT2D eigenvalue weighted by Gasteiger charge is 2.02. The van der Waals surface area contributed by atoms with Crippen LogP contribution in [0.4, 0.5) is 0 Å². The molecule has 0 saturated heterocycles. The van der Waals surface area contributed by atoms with Crippen LogP contribution in [-0.2, 0) is 6.54 Å². The van der Waals surface area contributed by atoms with Crippen LogP contribution in [0.15, 0.2) is 36.7 Å². The molecule has 0 aliphatic carbocycles. The van der Waals surface area contributed by atoms with E-state index in [2.05, 4.69) is 48.2 Å². The first kappa shape index (κ1) is 15.4. The second kappa shape index (κ2) is 7.74. The molecule has 0 spiro atoms. The summed E-state index contributed by atoms with van der Waals surface area (Å²) in [6.45, 7) is 8.21. The maximum atomic E-state index is 5.70. The van der Waals surface area contributed by atoms with Crippen molar-refractivity contribution in [1.29, 1.82) is 0 Å². The summed E-state index contributed by atoms with van der Waals surface area (Å²) in [6, 6.07) is 8.09. The number of ether oxygens (including phenoxy) is 1. The van der Waals surface area contributed by atoms with Crippen molar-refractivity contribution in [3.8, 4) is 11.6 Å². The lowest BCUT2D eigenvalue weighted by molar-refractivity contribution is 0.458. The van der Waals surface area contributed by atoms with Crippen molar-refractivity contribution in [2.75, 3.05) is 6.54 Å². The highest BCUT2D eigenvalue weighted by molar-refractivity contribution is 5.31. The first-order valence-corrected chi connectivity index (χ1v) is 7.48. The van der Waals surface area contributed by atoms with Crippen LogP contribution in [0.1, 0.15) is 44.4 Å². The van der Waals surface area contributed by atoms with E-state index in [4.69, 9.17) is 4.74 Å². The monoisotopic (exact) mass is 285 g/mol. The van der Waals surface area contributed by atoms with E-state index in [1.807, 2.05) is 12.1 Å². The minimum atomic E-state index is 0.520. The maximum Gasteiger partial charge on any atom is 0.237 e. The molecule has 0 unspecified atom stereocenters. The third kappa shape index (κ3) is 4.83. The third-order valence-electron chi connectivity index (χ3n) is 3.18. The molecular weight excluding hydrogens is 262 g/mol. The number of hydrogen-bond donors (Lipinski definition) is 1. The van der Waals surface area contributed by atoms with Crippen molar-refractivity contribution in [3.63, 3.8) is 0 Å². The molecule has 0 saturated carbocycles. The van der Waals surface area contributed by atoms with Crippen LogP contribution in [0.5, 0.6) is 11.6 Å². The molecule has 0 aliphatic rings. The maximum absolute atomic E-state index is 5.70. The van der Waals surface area contributed by atoms with Gasteiger partial charge in [-0.05, 0) is 36.6 Å². The Hall–Kier alpha value is -1.94. The molecule has 0 radical (unpaired) electrons. The van der Waals surface area contributed by atoms with E-state index >= 15 is 0 Å². The Morgan fingerprint density at radius 1 is 1.10 bits per heavy atom. The van der Waals surface area contributed by atoms with Gasteiger partial charge in [-0.25, -0.2) is 4.98 Å². The molecule has 0 fully saturated rings. The Morgan fingerprint density at radius 3 is 2.43 bits per heavy atom. The van der Waals surface area contributed by atoms with E-state index in [-0.39, 0.29) is 0 Å². The smallest absolute Gasteiger partial charge is 0.237 e. The van der Waals surface area contributed by atoms with Gasteiger partial charge in [0, 0.05) is 6.54 Å². The van der Waals surface area contributed by atoms with Crippen LogP contribution in [0, 0.1) is 0 Å². The van der Waals surface area contributed by atoms with Gasteiger partial charge in [0.25, 0.3) is 0 Å². The predicted octanol–water partition coefficient (Wildman–Crippen LogP) is 3.89.